The van der Waals surface area contributed by atoms with Gasteiger partial charge in [-0.05, 0) is 40.4 Å². The van der Waals surface area contributed by atoms with Gasteiger partial charge in [-0.2, -0.15) is 0 Å². The van der Waals surface area contributed by atoms with E-state index in [4.69, 9.17) is 0 Å². The van der Waals surface area contributed by atoms with Gasteiger partial charge in [0.25, 0.3) is 0 Å². The summed E-state index contributed by atoms with van der Waals surface area (Å²) in [6.45, 7) is 0. The Balaban J connectivity index is 2.36. The Kier molecular flexibility index (Phi) is 3.82. The molecule has 0 aromatic heterocycles. The third kappa shape index (κ3) is 2.51. The molecule has 1 aromatic rings. The largest absolute Gasteiger partial charge is 0.481 e. The Morgan fingerprint density at radius 2 is 2.06 bits per heavy atom. The molecule has 0 saturated heterocycles. The van der Waals surface area contributed by atoms with Crippen molar-refractivity contribution in [1.82, 2.24) is 0 Å². The van der Waals surface area contributed by atoms with E-state index >= 15 is 0 Å². The molecule has 2 nitrogen and oxygen atoms in total. The first-order valence-electron chi connectivity index (χ1n) is 5.78. The smallest absolute Gasteiger partial charge is 0.307 e. The summed E-state index contributed by atoms with van der Waals surface area (Å²) >= 11 is 3.15. The summed E-state index contributed by atoms with van der Waals surface area (Å²) in [5.74, 6) is -1.77. The second-order valence-corrected chi connectivity index (χ2v) is 5.33. The lowest BCUT2D eigenvalue weighted by Crippen LogP contribution is -2.26. The quantitative estimate of drug-likeness (QED) is 0.898. The zero-order valence-corrected chi connectivity index (χ0v) is 10.9. The van der Waals surface area contributed by atoms with Crippen molar-refractivity contribution in [2.24, 2.45) is 5.92 Å². The summed E-state index contributed by atoms with van der Waals surface area (Å²) in [4.78, 5) is 11.2. The molecule has 1 aliphatic carbocycles. The minimum absolute atomic E-state index is 0.196. The van der Waals surface area contributed by atoms with Crippen LogP contribution >= 0.6 is 15.9 Å². The van der Waals surface area contributed by atoms with Gasteiger partial charge in [0, 0.05) is 5.92 Å². The van der Waals surface area contributed by atoms with E-state index in [9.17, 15) is 14.3 Å². The molecule has 4 heteroatoms. The standard InChI is InChI=1S/C13H14BrFO2/c14-11-7-3-6-9(12(11)15)8-4-1-2-5-10(8)13(16)17/h3,6-8,10H,1-2,4-5H2,(H,16,17). The van der Waals surface area contributed by atoms with Crippen molar-refractivity contribution in [2.45, 2.75) is 31.6 Å². The van der Waals surface area contributed by atoms with Crippen LogP contribution in [0.4, 0.5) is 4.39 Å². The lowest BCUT2D eigenvalue weighted by Gasteiger charge is -2.29. The van der Waals surface area contributed by atoms with Crippen molar-refractivity contribution in [2.75, 3.05) is 0 Å². The van der Waals surface area contributed by atoms with Crippen LogP contribution in [0.1, 0.15) is 37.2 Å². The molecule has 2 unspecified atom stereocenters. The maximum atomic E-state index is 14.0. The van der Waals surface area contributed by atoms with Crippen molar-refractivity contribution >= 4 is 21.9 Å². The van der Waals surface area contributed by atoms with Gasteiger partial charge in [0.2, 0.25) is 0 Å². The number of carbonyl (C=O) groups is 1. The molecule has 2 rings (SSSR count). The lowest BCUT2D eigenvalue weighted by atomic mass is 9.75. The fourth-order valence-corrected chi connectivity index (χ4v) is 2.99. The predicted octanol–water partition coefficient (Wildman–Crippen LogP) is 3.95. The Hall–Kier alpha value is -0.900. The van der Waals surface area contributed by atoms with E-state index in [1.54, 1.807) is 18.2 Å². The van der Waals surface area contributed by atoms with E-state index < -0.39 is 11.9 Å². The van der Waals surface area contributed by atoms with Crippen molar-refractivity contribution in [3.05, 3.63) is 34.1 Å². The normalized spacial score (nSPS) is 24.6. The van der Waals surface area contributed by atoms with Crippen LogP contribution in [-0.4, -0.2) is 11.1 Å². The van der Waals surface area contributed by atoms with Crippen LogP contribution < -0.4 is 0 Å². The molecule has 1 N–H and O–H groups in total. The van der Waals surface area contributed by atoms with Gasteiger partial charge >= 0.3 is 5.97 Å². The van der Waals surface area contributed by atoms with Crippen molar-refractivity contribution in [1.29, 1.82) is 0 Å². The molecule has 0 bridgehead atoms. The van der Waals surface area contributed by atoms with Crippen LogP contribution in [0.15, 0.2) is 22.7 Å². The number of carboxylic acids is 1. The fourth-order valence-electron chi connectivity index (χ4n) is 2.61. The van der Waals surface area contributed by atoms with Crippen LogP contribution in [0.25, 0.3) is 0 Å². The van der Waals surface area contributed by atoms with E-state index in [-0.39, 0.29) is 11.7 Å². The maximum Gasteiger partial charge on any atom is 0.307 e. The molecule has 17 heavy (non-hydrogen) atoms. The summed E-state index contributed by atoms with van der Waals surface area (Å²) in [6, 6.07) is 5.10. The summed E-state index contributed by atoms with van der Waals surface area (Å²) in [5, 5.41) is 9.20. The molecule has 1 aromatic carbocycles. The molecule has 1 saturated carbocycles. The summed E-state index contributed by atoms with van der Waals surface area (Å²) in [6.07, 6.45) is 3.29. The van der Waals surface area contributed by atoms with E-state index in [1.165, 1.54) is 0 Å². The molecule has 2 atom stereocenters. The Morgan fingerprint density at radius 1 is 1.35 bits per heavy atom. The number of aliphatic carboxylic acids is 1. The first-order valence-corrected chi connectivity index (χ1v) is 6.57. The fraction of sp³-hybridized carbons (Fsp3) is 0.462. The highest BCUT2D eigenvalue weighted by Gasteiger charge is 2.33. The first kappa shape index (κ1) is 12.6. The highest BCUT2D eigenvalue weighted by Crippen LogP contribution is 2.40. The van der Waals surface area contributed by atoms with Crippen LogP contribution in [-0.2, 0) is 4.79 Å². The van der Waals surface area contributed by atoms with Crippen LogP contribution in [0.5, 0.6) is 0 Å². The minimum Gasteiger partial charge on any atom is -0.481 e. The monoisotopic (exact) mass is 300 g/mol. The van der Waals surface area contributed by atoms with E-state index in [0.29, 0.717) is 16.5 Å². The van der Waals surface area contributed by atoms with Crippen molar-refractivity contribution < 1.29 is 14.3 Å². The summed E-state index contributed by atoms with van der Waals surface area (Å²) in [5.41, 5.74) is 0.534. The van der Waals surface area contributed by atoms with Gasteiger partial charge in [-0.1, -0.05) is 25.0 Å². The zero-order chi connectivity index (χ0) is 12.4. The Morgan fingerprint density at radius 3 is 2.76 bits per heavy atom. The van der Waals surface area contributed by atoms with Gasteiger partial charge in [-0.3, -0.25) is 4.79 Å². The highest BCUT2D eigenvalue weighted by atomic mass is 79.9. The average Bonchev–Trinajstić information content (AvgIpc) is 2.33. The van der Waals surface area contributed by atoms with Gasteiger partial charge in [0.15, 0.2) is 0 Å². The average molecular weight is 301 g/mol. The lowest BCUT2D eigenvalue weighted by molar-refractivity contribution is -0.143. The van der Waals surface area contributed by atoms with Gasteiger partial charge < -0.3 is 5.11 Å². The Bertz CT molecular complexity index is 433. The number of rotatable bonds is 2. The van der Waals surface area contributed by atoms with Crippen LogP contribution in [0, 0.1) is 11.7 Å². The van der Waals surface area contributed by atoms with Crippen LogP contribution in [0.2, 0.25) is 0 Å². The number of benzene rings is 1. The summed E-state index contributed by atoms with van der Waals surface area (Å²) in [7, 11) is 0. The third-order valence-electron chi connectivity index (χ3n) is 3.46. The number of halogens is 2. The predicted molar refractivity (Wildman–Crippen MR) is 66.4 cm³/mol. The number of hydrogen-bond acceptors (Lipinski definition) is 1. The Labute approximate surface area is 108 Å². The topological polar surface area (TPSA) is 37.3 Å². The van der Waals surface area contributed by atoms with E-state index in [0.717, 1.165) is 19.3 Å². The van der Waals surface area contributed by atoms with Gasteiger partial charge in [0.1, 0.15) is 5.82 Å². The number of hydrogen-bond donors (Lipinski definition) is 1. The van der Waals surface area contributed by atoms with Crippen LogP contribution in [0.3, 0.4) is 0 Å². The molecule has 92 valence electrons. The molecule has 0 aliphatic heterocycles. The van der Waals surface area contributed by atoms with Gasteiger partial charge in [-0.15, -0.1) is 0 Å². The molecule has 0 radical (unpaired) electrons. The molecule has 0 heterocycles. The molecular formula is C13H14BrFO2. The summed E-state index contributed by atoms with van der Waals surface area (Å²) < 4.78 is 14.4. The van der Waals surface area contributed by atoms with Crippen molar-refractivity contribution in [3.63, 3.8) is 0 Å². The molecular weight excluding hydrogens is 287 g/mol. The molecule has 0 amide bonds. The minimum atomic E-state index is -0.811. The molecule has 1 fully saturated rings. The third-order valence-corrected chi connectivity index (χ3v) is 4.08. The van der Waals surface area contributed by atoms with E-state index in [2.05, 4.69) is 15.9 Å². The van der Waals surface area contributed by atoms with E-state index in [1.807, 2.05) is 0 Å². The zero-order valence-electron chi connectivity index (χ0n) is 9.33. The van der Waals surface area contributed by atoms with Gasteiger partial charge in [0.05, 0.1) is 10.4 Å². The highest BCUT2D eigenvalue weighted by molar-refractivity contribution is 9.10. The first-order chi connectivity index (χ1) is 8.11. The second-order valence-electron chi connectivity index (χ2n) is 4.48. The molecule has 1 aliphatic rings. The van der Waals surface area contributed by atoms with Gasteiger partial charge in [-0.25, -0.2) is 4.39 Å². The SMILES string of the molecule is O=C(O)C1CCCCC1c1cccc(Br)c1F. The maximum absolute atomic E-state index is 14.0. The molecule has 0 spiro atoms. The van der Waals surface area contributed by atoms with Crippen molar-refractivity contribution in [3.8, 4) is 0 Å². The number of carboxylic acid groups (broad SMARTS) is 1. The second kappa shape index (κ2) is 5.17.